The Morgan fingerprint density at radius 3 is 2.51 bits per heavy atom. The van der Waals surface area contributed by atoms with Crippen molar-refractivity contribution < 1.29 is 18.6 Å². The quantitative estimate of drug-likeness (QED) is 0.304. The number of nitrogens with zero attached hydrogens (tertiary/aromatic N) is 6. The molecular formula is C23H17BrFN7O3. The molecule has 0 aliphatic rings. The van der Waals surface area contributed by atoms with Gasteiger partial charge in [-0.1, -0.05) is 0 Å². The van der Waals surface area contributed by atoms with Crippen LogP contribution in [0.15, 0.2) is 65.8 Å². The molecule has 0 aliphatic carbocycles. The van der Waals surface area contributed by atoms with Crippen LogP contribution in [0, 0.1) is 5.82 Å². The Morgan fingerprint density at radius 2 is 1.77 bits per heavy atom. The van der Waals surface area contributed by atoms with E-state index in [-0.39, 0.29) is 17.6 Å². The topological polar surface area (TPSA) is 109 Å². The van der Waals surface area contributed by atoms with Gasteiger partial charge in [-0.3, -0.25) is 0 Å². The van der Waals surface area contributed by atoms with Crippen LogP contribution in [-0.4, -0.2) is 43.9 Å². The molecule has 1 N–H and O–H groups in total. The summed E-state index contributed by atoms with van der Waals surface area (Å²) in [5.74, 6) is 0.829. The first-order valence-corrected chi connectivity index (χ1v) is 11.0. The number of rotatable bonds is 7. The Bertz CT molecular complexity index is 1510. The number of anilines is 2. The van der Waals surface area contributed by atoms with Gasteiger partial charge in [-0.15, -0.1) is 5.10 Å². The molecule has 35 heavy (non-hydrogen) atoms. The Kier molecular flexibility index (Phi) is 6.10. The van der Waals surface area contributed by atoms with Gasteiger partial charge < -0.3 is 19.5 Å². The fourth-order valence-corrected chi connectivity index (χ4v) is 3.77. The van der Waals surface area contributed by atoms with E-state index >= 15 is 0 Å². The second-order valence-electron chi connectivity index (χ2n) is 7.12. The second-order valence-corrected chi connectivity index (χ2v) is 7.98. The number of ether oxygens (including phenoxy) is 3. The summed E-state index contributed by atoms with van der Waals surface area (Å²) >= 11 is 3.47. The maximum Gasteiger partial charge on any atom is 0.316 e. The van der Waals surface area contributed by atoms with Crippen LogP contribution in [0.5, 0.6) is 23.4 Å². The highest BCUT2D eigenvalue weighted by Gasteiger charge is 2.12. The number of aromatic nitrogens is 6. The van der Waals surface area contributed by atoms with Crippen LogP contribution in [0.25, 0.3) is 16.6 Å². The molecule has 5 rings (SSSR count). The molecule has 0 fully saturated rings. The van der Waals surface area contributed by atoms with E-state index in [0.717, 1.165) is 9.86 Å². The van der Waals surface area contributed by atoms with Gasteiger partial charge in [0, 0.05) is 35.5 Å². The van der Waals surface area contributed by atoms with Gasteiger partial charge >= 0.3 is 6.01 Å². The van der Waals surface area contributed by atoms with Crippen LogP contribution in [-0.2, 0) is 0 Å². The maximum atomic E-state index is 14.8. The smallest absolute Gasteiger partial charge is 0.316 e. The summed E-state index contributed by atoms with van der Waals surface area (Å²) in [5.41, 5.74) is 1.77. The molecule has 176 valence electrons. The van der Waals surface area contributed by atoms with Crippen LogP contribution in [0.2, 0.25) is 0 Å². The predicted molar refractivity (Wildman–Crippen MR) is 129 cm³/mol. The van der Waals surface area contributed by atoms with Crippen molar-refractivity contribution in [2.75, 3.05) is 19.5 Å². The van der Waals surface area contributed by atoms with Gasteiger partial charge in [0.25, 0.3) is 0 Å². The largest absolute Gasteiger partial charge is 0.495 e. The fourth-order valence-electron chi connectivity index (χ4n) is 3.26. The molecule has 0 radical (unpaired) electrons. The van der Waals surface area contributed by atoms with Crippen molar-refractivity contribution in [3.63, 3.8) is 0 Å². The van der Waals surface area contributed by atoms with Crippen molar-refractivity contribution in [1.29, 1.82) is 0 Å². The third-order valence-electron chi connectivity index (χ3n) is 4.94. The van der Waals surface area contributed by atoms with Crippen LogP contribution < -0.4 is 19.5 Å². The lowest BCUT2D eigenvalue weighted by Gasteiger charge is -2.11. The molecule has 12 heteroatoms. The number of nitrogens with one attached hydrogen (secondary N) is 1. The molecule has 3 aromatic heterocycles. The van der Waals surface area contributed by atoms with E-state index in [4.69, 9.17) is 14.2 Å². The minimum absolute atomic E-state index is 0.0202. The molecule has 0 spiro atoms. The molecule has 0 atom stereocenters. The Morgan fingerprint density at radius 1 is 0.943 bits per heavy atom. The summed E-state index contributed by atoms with van der Waals surface area (Å²) in [5, 5.41) is 8.15. The van der Waals surface area contributed by atoms with Crippen LogP contribution in [0.1, 0.15) is 0 Å². The summed E-state index contributed by atoms with van der Waals surface area (Å²) in [6.45, 7) is 0. The summed E-state index contributed by atoms with van der Waals surface area (Å²) in [6, 6.07) is 9.99. The highest BCUT2D eigenvalue weighted by Crippen LogP contribution is 2.33. The summed E-state index contributed by atoms with van der Waals surface area (Å²) in [6.07, 6.45) is 6.18. The standard InChI is InChI=1S/C23H17BrFN7O3/c1-33-20-9-18-15(8-16(20)24)22(29-12-28-18)30-13-3-4-19(17(25)7-13)35-21-5-6-32(31-21)14-10-26-23(34-2)27-11-14/h3-12H,1-2H3,(H,28,29,30). The van der Waals surface area contributed by atoms with Gasteiger partial charge in [0.1, 0.15) is 23.6 Å². The van der Waals surface area contributed by atoms with Crippen molar-refractivity contribution in [3.8, 4) is 29.1 Å². The SMILES string of the molecule is COc1ncc(-n2ccc(Oc3ccc(Nc4ncnc5cc(OC)c(Br)cc45)cc3F)n2)cn1. The molecular weight excluding hydrogens is 521 g/mol. The van der Waals surface area contributed by atoms with Gasteiger partial charge in [0.15, 0.2) is 11.6 Å². The molecule has 0 saturated heterocycles. The van der Waals surface area contributed by atoms with Crippen molar-refractivity contribution in [2.24, 2.45) is 0 Å². The van der Waals surface area contributed by atoms with Crippen LogP contribution >= 0.6 is 15.9 Å². The first kappa shape index (κ1) is 22.5. The average molecular weight is 538 g/mol. The van der Waals surface area contributed by atoms with Gasteiger partial charge in [0.05, 0.1) is 36.6 Å². The summed E-state index contributed by atoms with van der Waals surface area (Å²) < 4.78 is 33.0. The lowest BCUT2D eigenvalue weighted by Crippen LogP contribution is -1.99. The molecule has 3 heterocycles. The van der Waals surface area contributed by atoms with Gasteiger partial charge in [0.2, 0.25) is 5.88 Å². The number of halogens is 2. The highest BCUT2D eigenvalue weighted by molar-refractivity contribution is 9.10. The van der Waals surface area contributed by atoms with Crippen molar-refractivity contribution in [1.82, 2.24) is 29.7 Å². The number of fused-ring (bicyclic) bond motifs is 1. The molecule has 0 unspecified atom stereocenters. The minimum atomic E-state index is -0.571. The van der Waals surface area contributed by atoms with Crippen molar-refractivity contribution in [3.05, 3.63) is 71.6 Å². The highest BCUT2D eigenvalue weighted by atomic mass is 79.9. The zero-order valence-electron chi connectivity index (χ0n) is 18.4. The number of benzene rings is 2. The normalized spacial score (nSPS) is 10.9. The monoisotopic (exact) mass is 537 g/mol. The number of methoxy groups -OCH3 is 2. The first-order valence-electron chi connectivity index (χ1n) is 10.2. The molecule has 0 amide bonds. The molecule has 10 nitrogen and oxygen atoms in total. The van der Waals surface area contributed by atoms with Gasteiger partial charge in [-0.05, 0) is 34.1 Å². The van der Waals surface area contributed by atoms with Crippen molar-refractivity contribution in [2.45, 2.75) is 0 Å². The molecule has 2 aromatic carbocycles. The predicted octanol–water partition coefficient (Wildman–Crippen LogP) is 5.06. The van der Waals surface area contributed by atoms with Gasteiger partial charge in [-0.2, -0.15) is 0 Å². The van der Waals surface area contributed by atoms with E-state index in [2.05, 4.69) is 46.3 Å². The molecule has 5 aromatic rings. The number of hydrogen-bond donors (Lipinski definition) is 1. The average Bonchev–Trinajstić information content (AvgIpc) is 3.34. The Labute approximate surface area is 206 Å². The molecule has 0 aliphatic heterocycles. The van der Waals surface area contributed by atoms with Crippen LogP contribution in [0.4, 0.5) is 15.9 Å². The van der Waals surface area contributed by atoms with E-state index in [0.29, 0.717) is 28.5 Å². The Hall–Kier alpha value is -4.32. The van der Waals surface area contributed by atoms with E-state index in [1.165, 1.54) is 30.3 Å². The molecule has 0 bridgehead atoms. The van der Waals surface area contributed by atoms with E-state index in [1.807, 2.05) is 6.07 Å². The lowest BCUT2D eigenvalue weighted by atomic mass is 10.2. The molecule has 0 saturated carbocycles. The fraction of sp³-hybridized carbons (Fsp3) is 0.0870. The lowest BCUT2D eigenvalue weighted by molar-refractivity contribution is 0.379. The van der Waals surface area contributed by atoms with Gasteiger partial charge in [-0.25, -0.2) is 29.0 Å². The zero-order valence-corrected chi connectivity index (χ0v) is 20.0. The third kappa shape index (κ3) is 4.68. The minimum Gasteiger partial charge on any atom is -0.495 e. The first-order chi connectivity index (χ1) is 17.0. The van der Waals surface area contributed by atoms with E-state index in [1.54, 1.807) is 43.9 Å². The zero-order chi connectivity index (χ0) is 24.4. The van der Waals surface area contributed by atoms with E-state index < -0.39 is 5.82 Å². The third-order valence-corrected chi connectivity index (χ3v) is 5.56. The summed E-state index contributed by atoms with van der Waals surface area (Å²) in [4.78, 5) is 16.6. The summed E-state index contributed by atoms with van der Waals surface area (Å²) in [7, 11) is 3.06. The Balaban J connectivity index is 1.34. The van der Waals surface area contributed by atoms with Crippen molar-refractivity contribution >= 4 is 38.3 Å². The number of hydrogen-bond acceptors (Lipinski definition) is 9. The van der Waals surface area contributed by atoms with E-state index in [9.17, 15) is 4.39 Å². The van der Waals surface area contributed by atoms with Crippen LogP contribution in [0.3, 0.4) is 0 Å². The second kappa shape index (κ2) is 9.50. The maximum absolute atomic E-state index is 14.8.